The zero-order chi connectivity index (χ0) is 12.3. The molecule has 0 bridgehead atoms. The molecule has 1 N–H and O–H groups in total. The number of aliphatic carboxylic acids is 1. The highest BCUT2D eigenvalue weighted by molar-refractivity contribution is 5.75. The molecule has 0 aromatic rings. The highest BCUT2D eigenvalue weighted by atomic mass is 16.5. The maximum Gasteiger partial charge on any atom is 0.313 e. The van der Waals surface area contributed by atoms with E-state index in [2.05, 4.69) is 4.90 Å². The Hall–Kier alpha value is -0.650. The maximum absolute atomic E-state index is 11.4. The molecular formula is C12H21NO4. The molecule has 0 amide bonds. The minimum absolute atomic E-state index is 0.343. The molecule has 2 aliphatic heterocycles. The Morgan fingerprint density at radius 2 is 2.06 bits per heavy atom. The molecule has 98 valence electrons. The Labute approximate surface area is 102 Å². The van der Waals surface area contributed by atoms with Crippen molar-refractivity contribution in [2.24, 2.45) is 5.41 Å². The van der Waals surface area contributed by atoms with Crippen LogP contribution < -0.4 is 0 Å². The zero-order valence-electron chi connectivity index (χ0n) is 10.4. The highest BCUT2D eigenvalue weighted by Crippen LogP contribution is 2.31. The van der Waals surface area contributed by atoms with Gasteiger partial charge in [-0.2, -0.15) is 0 Å². The average molecular weight is 243 g/mol. The highest BCUT2D eigenvalue weighted by Gasteiger charge is 2.44. The molecule has 2 aliphatic rings. The first-order chi connectivity index (χ1) is 8.14. The van der Waals surface area contributed by atoms with Crippen LogP contribution in [0.3, 0.4) is 0 Å². The summed E-state index contributed by atoms with van der Waals surface area (Å²) in [5.74, 6) is -0.728. The second-order valence-electron chi connectivity index (χ2n) is 5.15. The number of carboxylic acids is 1. The number of hydrogen-bond acceptors (Lipinski definition) is 4. The molecule has 0 spiro atoms. The van der Waals surface area contributed by atoms with Crippen LogP contribution in [-0.2, 0) is 14.3 Å². The van der Waals surface area contributed by atoms with Gasteiger partial charge >= 0.3 is 5.97 Å². The first-order valence-corrected chi connectivity index (χ1v) is 6.23. The summed E-state index contributed by atoms with van der Waals surface area (Å²) in [6, 6.07) is 0.445. The fourth-order valence-electron chi connectivity index (χ4n) is 2.70. The molecule has 17 heavy (non-hydrogen) atoms. The van der Waals surface area contributed by atoms with Gasteiger partial charge in [-0.3, -0.25) is 4.79 Å². The number of nitrogens with zero attached hydrogens (tertiary/aromatic N) is 1. The molecule has 0 saturated carbocycles. The van der Waals surface area contributed by atoms with Gasteiger partial charge in [0.25, 0.3) is 0 Å². The molecule has 5 nitrogen and oxygen atoms in total. The first kappa shape index (κ1) is 12.8. The lowest BCUT2D eigenvalue weighted by Crippen LogP contribution is -2.47. The van der Waals surface area contributed by atoms with Crippen molar-refractivity contribution in [3.8, 4) is 0 Å². The van der Waals surface area contributed by atoms with E-state index < -0.39 is 11.4 Å². The van der Waals surface area contributed by atoms with Crippen molar-refractivity contribution in [1.29, 1.82) is 0 Å². The molecule has 1 unspecified atom stereocenters. The molecule has 2 saturated heterocycles. The summed E-state index contributed by atoms with van der Waals surface area (Å²) >= 11 is 0. The molecule has 0 aromatic carbocycles. The van der Waals surface area contributed by atoms with Crippen LogP contribution in [-0.4, -0.2) is 62.0 Å². The molecule has 0 aromatic heterocycles. The zero-order valence-corrected chi connectivity index (χ0v) is 10.4. The van der Waals surface area contributed by atoms with E-state index in [1.54, 1.807) is 0 Å². The summed E-state index contributed by atoms with van der Waals surface area (Å²) in [6.07, 6.45) is 2.61. The summed E-state index contributed by atoms with van der Waals surface area (Å²) < 4.78 is 10.6. The van der Waals surface area contributed by atoms with Gasteiger partial charge in [0.1, 0.15) is 5.41 Å². The van der Waals surface area contributed by atoms with Gasteiger partial charge < -0.3 is 19.5 Å². The fourth-order valence-corrected chi connectivity index (χ4v) is 2.70. The van der Waals surface area contributed by atoms with Crippen LogP contribution in [0.1, 0.15) is 19.3 Å². The molecular weight excluding hydrogens is 222 g/mol. The van der Waals surface area contributed by atoms with E-state index in [9.17, 15) is 9.90 Å². The average Bonchev–Trinajstić information content (AvgIpc) is 2.80. The minimum Gasteiger partial charge on any atom is -0.481 e. The second-order valence-corrected chi connectivity index (χ2v) is 5.15. The van der Waals surface area contributed by atoms with Gasteiger partial charge in [-0.05, 0) is 26.3 Å². The SMILES string of the molecule is CN(CC1(C(=O)O)CCOC1)C1CCOCC1. The van der Waals surface area contributed by atoms with E-state index in [0.29, 0.717) is 32.2 Å². The van der Waals surface area contributed by atoms with E-state index in [4.69, 9.17) is 9.47 Å². The van der Waals surface area contributed by atoms with Crippen LogP contribution in [0.2, 0.25) is 0 Å². The maximum atomic E-state index is 11.4. The van der Waals surface area contributed by atoms with Crippen molar-refractivity contribution >= 4 is 5.97 Å². The van der Waals surface area contributed by atoms with Crippen molar-refractivity contribution in [2.75, 3.05) is 40.0 Å². The number of carbonyl (C=O) groups is 1. The monoisotopic (exact) mass is 243 g/mol. The Morgan fingerprint density at radius 1 is 1.35 bits per heavy atom. The van der Waals surface area contributed by atoms with Crippen LogP contribution in [0.4, 0.5) is 0 Å². The second kappa shape index (κ2) is 5.33. The van der Waals surface area contributed by atoms with Crippen molar-refractivity contribution in [2.45, 2.75) is 25.3 Å². The first-order valence-electron chi connectivity index (χ1n) is 6.23. The Balaban J connectivity index is 1.95. The molecule has 2 fully saturated rings. The lowest BCUT2D eigenvalue weighted by molar-refractivity contribution is -0.150. The van der Waals surface area contributed by atoms with Gasteiger partial charge in [0.05, 0.1) is 6.61 Å². The Morgan fingerprint density at radius 3 is 2.59 bits per heavy atom. The van der Waals surface area contributed by atoms with Gasteiger partial charge in [-0.1, -0.05) is 0 Å². The number of ether oxygens (including phenoxy) is 2. The van der Waals surface area contributed by atoms with Crippen molar-refractivity contribution < 1.29 is 19.4 Å². The van der Waals surface area contributed by atoms with Crippen LogP contribution >= 0.6 is 0 Å². The summed E-state index contributed by atoms with van der Waals surface area (Å²) in [5, 5.41) is 9.38. The Bertz CT molecular complexity index is 270. The normalized spacial score (nSPS) is 30.9. The van der Waals surface area contributed by atoms with E-state index in [1.165, 1.54) is 0 Å². The third-order valence-electron chi connectivity index (χ3n) is 3.92. The van der Waals surface area contributed by atoms with Crippen LogP contribution in [0.25, 0.3) is 0 Å². The van der Waals surface area contributed by atoms with Crippen molar-refractivity contribution in [3.05, 3.63) is 0 Å². The summed E-state index contributed by atoms with van der Waals surface area (Å²) in [6.45, 7) is 3.05. The van der Waals surface area contributed by atoms with Gasteiger partial charge in [-0.25, -0.2) is 0 Å². The molecule has 5 heteroatoms. The molecule has 2 heterocycles. The minimum atomic E-state index is -0.728. The topological polar surface area (TPSA) is 59.0 Å². The van der Waals surface area contributed by atoms with Crippen molar-refractivity contribution in [3.63, 3.8) is 0 Å². The van der Waals surface area contributed by atoms with Crippen LogP contribution in [0.5, 0.6) is 0 Å². The van der Waals surface area contributed by atoms with E-state index in [-0.39, 0.29) is 0 Å². The molecule has 1 atom stereocenters. The van der Waals surface area contributed by atoms with Crippen LogP contribution in [0, 0.1) is 5.41 Å². The standard InChI is InChI=1S/C12H21NO4/c1-13(10-2-5-16-6-3-10)8-12(11(14)15)4-7-17-9-12/h10H,2-9H2,1H3,(H,14,15). The predicted octanol–water partition coefficient (Wildman–Crippen LogP) is 0.589. The van der Waals surface area contributed by atoms with Gasteiger partial charge in [0, 0.05) is 32.4 Å². The van der Waals surface area contributed by atoms with Gasteiger partial charge in [-0.15, -0.1) is 0 Å². The van der Waals surface area contributed by atoms with Gasteiger partial charge in [0.15, 0.2) is 0 Å². The summed E-state index contributed by atoms with van der Waals surface area (Å²) in [5.41, 5.74) is -0.701. The molecule has 2 rings (SSSR count). The number of carboxylic acid groups (broad SMARTS) is 1. The van der Waals surface area contributed by atoms with Crippen molar-refractivity contribution in [1.82, 2.24) is 4.90 Å². The molecule has 0 radical (unpaired) electrons. The van der Waals surface area contributed by atoms with Gasteiger partial charge in [0.2, 0.25) is 0 Å². The smallest absolute Gasteiger partial charge is 0.313 e. The van der Waals surface area contributed by atoms with E-state index in [1.807, 2.05) is 7.05 Å². The predicted molar refractivity (Wildman–Crippen MR) is 62.0 cm³/mol. The lowest BCUT2D eigenvalue weighted by atomic mass is 9.86. The Kier molecular flexibility index (Phi) is 4.01. The summed E-state index contributed by atoms with van der Waals surface area (Å²) in [7, 11) is 2.01. The third-order valence-corrected chi connectivity index (χ3v) is 3.92. The number of rotatable bonds is 4. The largest absolute Gasteiger partial charge is 0.481 e. The summed E-state index contributed by atoms with van der Waals surface area (Å²) in [4.78, 5) is 13.6. The fraction of sp³-hybridized carbons (Fsp3) is 0.917. The van der Waals surface area contributed by atoms with E-state index >= 15 is 0 Å². The quantitative estimate of drug-likeness (QED) is 0.783. The lowest BCUT2D eigenvalue weighted by Gasteiger charge is -2.35. The van der Waals surface area contributed by atoms with E-state index in [0.717, 1.165) is 26.1 Å². The molecule has 0 aliphatic carbocycles. The number of hydrogen-bond donors (Lipinski definition) is 1. The van der Waals surface area contributed by atoms with Crippen LogP contribution in [0.15, 0.2) is 0 Å². The third kappa shape index (κ3) is 2.78.